The number of rotatable bonds is 6. The molecule has 106 valence electrons. The SMILES string of the molecule is CN(CCOc1ccc(Cl)cc1Br)CC1CCCN1. The predicted molar refractivity (Wildman–Crippen MR) is 83.2 cm³/mol. The Labute approximate surface area is 128 Å². The maximum Gasteiger partial charge on any atom is 0.133 e. The molecule has 1 fully saturated rings. The largest absolute Gasteiger partial charge is 0.491 e. The highest BCUT2D eigenvalue weighted by atomic mass is 79.9. The van der Waals surface area contributed by atoms with Gasteiger partial charge in [0.1, 0.15) is 12.4 Å². The highest BCUT2D eigenvalue weighted by Gasteiger charge is 2.15. The molecule has 1 saturated heterocycles. The van der Waals surface area contributed by atoms with E-state index in [-0.39, 0.29) is 0 Å². The minimum Gasteiger partial charge on any atom is -0.491 e. The van der Waals surface area contributed by atoms with Crippen LogP contribution in [0.2, 0.25) is 5.02 Å². The number of ether oxygens (including phenoxy) is 1. The smallest absolute Gasteiger partial charge is 0.133 e. The molecule has 5 heteroatoms. The Morgan fingerprint density at radius 3 is 3.05 bits per heavy atom. The van der Waals surface area contributed by atoms with Crippen LogP contribution in [0.25, 0.3) is 0 Å². The van der Waals surface area contributed by atoms with Crippen molar-refractivity contribution in [3.63, 3.8) is 0 Å². The summed E-state index contributed by atoms with van der Waals surface area (Å²) in [5.41, 5.74) is 0. The summed E-state index contributed by atoms with van der Waals surface area (Å²) < 4.78 is 6.66. The van der Waals surface area contributed by atoms with Gasteiger partial charge >= 0.3 is 0 Å². The first kappa shape index (κ1) is 15.1. The monoisotopic (exact) mass is 346 g/mol. The van der Waals surface area contributed by atoms with E-state index in [1.165, 1.54) is 12.8 Å². The van der Waals surface area contributed by atoms with Crippen LogP contribution in [-0.4, -0.2) is 44.2 Å². The second kappa shape index (κ2) is 7.48. The van der Waals surface area contributed by atoms with Gasteiger partial charge in [0.25, 0.3) is 0 Å². The average molecular weight is 348 g/mol. The lowest BCUT2D eigenvalue weighted by atomic mass is 10.2. The van der Waals surface area contributed by atoms with E-state index >= 15 is 0 Å². The van der Waals surface area contributed by atoms with Gasteiger partial charge in [-0.05, 0) is 60.6 Å². The molecule has 1 aliphatic heterocycles. The Balaban J connectivity index is 1.70. The predicted octanol–water partition coefficient (Wildman–Crippen LogP) is 3.17. The Hall–Kier alpha value is -0.290. The van der Waals surface area contributed by atoms with E-state index in [4.69, 9.17) is 16.3 Å². The summed E-state index contributed by atoms with van der Waals surface area (Å²) in [6, 6.07) is 6.23. The average Bonchev–Trinajstić information content (AvgIpc) is 2.84. The Morgan fingerprint density at radius 2 is 2.37 bits per heavy atom. The van der Waals surface area contributed by atoms with Crippen molar-refractivity contribution >= 4 is 27.5 Å². The van der Waals surface area contributed by atoms with E-state index in [0.717, 1.165) is 29.9 Å². The van der Waals surface area contributed by atoms with Gasteiger partial charge in [-0.1, -0.05) is 11.6 Å². The molecule has 1 N–H and O–H groups in total. The van der Waals surface area contributed by atoms with Gasteiger partial charge in [-0.15, -0.1) is 0 Å². The third-order valence-corrected chi connectivity index (χ3v) is 4.17. The summed E-state index contributed by atoms with van der Waals surface area (Å²) in [4.78, 5) is 2.31. The molecule has 1 heterocycles. The maximum atomic E-state index is 5.90. The minimum atomic E-state index is 0.646. The molecule has 0 saturated carbocycles. The van der Waals surface area contributed by atoms with Gasteiger partial charge in [-0.2, -0.15) is 0 Å². The third kappa shape index (κ3) is 4.95. The molecule has 1 unspecified atom stereocenters. The fraction of sp³-hybridized carbons (Fsp3) is 0.571. The number of hydrogen-bond donors (Lipinski definition) is 1. The van der Waals surface area contributed by atoms with Crippen molar-refractivity contribution in [1.82, 2.24) is 10.2 Å². The van der Waals surface area contributed by atoms with E-state index in [0.29, 0.717) is 17.7 Å². The van der Waals surface area contributed by atoms with E-state index in [2.05, 4.69) is 33.2 Å². The molecule has 1 aromatic carbocycles. The minimum absolute atomic E-state index is 0.646. The molecule has 0 spiro atoms. The van der Waals surface area contributed by atoms with E-state index in [9.17, 15) is 0 Å². The summed E-state index contributed by atoms with van der Waals surface area (Å²) in [6.07, 6.45) is 2.58. The van der Waals surface area contributed by atoms with Crippen LogP contribution in [-0.2, 0) is 0 Å². The number of likely N-dealkylation sites (N-methyl/N-ethyl adjacent to an activating group) is 1. The fourth-order valence-corrected chi connectivity index (χ4v) is 3.08. The standard InChI is InChI=1S/C14H20BrClN2O/c1-18(10-12-3-2-6-17-12)7-8-19-14-5-4-11(16)9-13(14)15/h4-5,9,12,17H,2-3,6-8,10H2,1H3. The Bertz CT molecular complexity index is 410. The van der Waals surface area contributed by atoms with Gasteiger partial charge in [0.05, 0.1) is 4.47 Å². The summed E-state index contributed by atoms with van der Waals surface area (Å²) >= 11 is 9.35. The zero-order chi connectivity index (χ0) is 13.7. The summed E-state index contributed by atoms with van der Waals surface area (Å²) in [5, 5.41) is 4.22. The number of nitrogens with zero attached hydrogens (tertiary/aromatic N) is 1. The zero-order valence-electron chi connectivity index (χ0n) is 11.2. The van der Waals surface area contributed by atoms with Crippen molar-refractivity contribution in [2.24, 2.45) is 0 Å². The second-order valence-corrected chi connectivity index (χ2v) is 6.27. The number of nitrogens with one attached hydrogen (secondary N) is 1. The topological polar surface area (TPSA) is 24.5 Å². The molecule has 1 aromatic rings. The van der Waals surface area contributed by atoms with Crippen molar-refractivity contribution < 1.29 is 4.74 Å². The molecule has 0 aliphatic carbocycles. The number of benzene rings is 1. The Morgan fingerprint density at radius 1 is 1.53 bits per heavy atom. The lowest BCUT2D eigenvalue weighted by Gasteiger charge is -2.21. The van der Waals surface area contributed by atoms with Gasteiger partial charge < -0.3 is 15.0 Å². The summed E-state index contributed by atoms with van der Waals surface area (Å²) in [6.45, 7) is 3.86. The zero-order valence-corrected chi connectivity index (χ0v) is 13.5. The van der Waals surface area contributed by atoms with Crippen molar-refractivity contribution in [3.8, 4) is 5.75 Å². The first-order chi connectivity index (χ1) is 9.15. The van der Waals surface area contributed by atoms with Crippen LogP contribution < -0.4 is 10.1 Å². The van der Waals surface area contributed by atoms with Crippen LogP contribution in [0.3, 0.4) is 0 Å². The van der Waals surface area contributed by atoms with Crippen LogP contribution in [0.15, 0.2) is 22.7 Å². The van der Waals surface area contributed by atoms with Gasteiger partial charge in [0.15, 0.2) is 0 Å². The normalized spacial score (nSPS) is 19.1. The van der Waals surface area contributed by atoms with Crippen molar-refractivity contribution in [3.05, 3.63) is 27.7 Å². The molecular weight excluding hydrogens is 328 g/mol. The van der Waals surface area contributed by atoms with Crippen molar-refractivity contribution in [2.75, 3.05) is 33.3 Å². The summed E-state index contributed by atoms with van der Waals surface area (Å²) in [5.74, 6) is 0.844. The van der Waals surface area contributed by atoms with Crippen LogP contribution in [0.1, 0.15) is 12.8 Å². The van der Waals surface area contributed by atoms with Crippen LogP contribution in [0, 0.1) is 0 Å². The second-order valence-electron chi connectivity index (χ2n) is 4.98. The first-order valence-electron chi connectivity index (χ1n) is 6.65. The van der Waals surface area contributed by atoms with E-state index in [1.54, 1.807) is 0 Å². The van der Waals surface area contributed by atoms with Crippen LogP contribution in [0.4, 0.5) is 0 Å². The van der Waals surface area contributed by atoms with Crippen molar-refractivity contribution in [1.29, 1.82) is 0 Å². The van der Waals surface area contributed by atoms with Gasteiger partial charge in [-0.25, -0.2) is 0 Å². The summed E-state index contributed by atoms with van der Waals surface area (Å²) in [7, 11) is 2.14. The van der Waals surface area contributed by atoms with Crippen LogP contribution >= 0.6 is 27.5 Å². The van der Waals surface area contributed by atoms with Gasteiger partial charge in [0.2, 0.25) is 0 Å². The highest BCUT2D eigenvalue weighted by Crippen LogP contribution is 2.27. The molecule has 1 aliphatic rings. The molecule has 0 amide bonds. The molecule has 19 heavy (non-hydrogen) atoms. The van der Waals surface area contributed by atoms with Gasteiger partial charge in [0, 0.05) is 24.2 Å². The Kier molecular flexibility index (Phi) is 5.95. The molecule has 3 nitrogen and oxygen atoms in total. The molecule has 0 bridgehead atoms. The molecule has 1 atom stereocenters. The number of halogens is 2. The number of hydrogen-bond acceptors (Lipinski definition) is 3. The van der Waals surface area contributed by atoms with E-state index in [1.807, 2.05) is 18.2 Å². The third-order valence-electron chi connectivity index (χ3n) is 3.32. The maximum absolute atomic E-state index is 5.90. The fourth-order valence-electron chi connectivity index (χ4n) is 2.28. The van der Waals surface area contributed by atoms with Gasteiger partial charge in [-0.3, -0.25) is 0 Å². The van der Waals surface area contributed by atoms with E-state index < -0.39 is 0 Å². The molecule has 2 rings (SSSR count). The van der Waals surface area contributed by atoms with Crippen LogP contribution in [0.5, 0.6) is 5.75 Å². The molecule has 0 aromatic heterocycles. The first-order valence-corrected chi connectivity index (χ1v) is 7.82. The molecular formula is C14H20BrClN2O. The lowest BCUT2D eigenvalue weighted by Crippen LogP contribution is -2.37. The van der Waals surface area contributed by atoms with Crippen molar-refractivity contribution in [2.45, 2.75) is 18.9 Å². The quantitative estimate of drug-likeness (QED) is 0.855. The molecule has 0 radical (unpaired) electrons. The lowest BCUT2D eigenvalue weighted by molar-refractivity contribution is 0.225. The highest BCUT2D eigenvalue weighted by molar-refractivity contribution is 9.10.